The van der Waals surface area contributed by atoms with Gasteiger partial charge in [-0.1, -0.05) is 54.6 Å². The molecule has 0 aliphatic rings. The lowest BCUT2D eigenvalue weighted by molar-refractivity contribution is 0.418. The zero-order valence-corrected chi connectivity index (χ0v) is 17.1. The fourth-order valence-electron chi connectivity index (χ4n) is 2.83. The van der Waals surface area contributed by atoms with Gasteiger partial charge in [0.2, 0.25) is 0 Å². The SMILES string of the molecule is COc1ccccc1P(c1ccccc1SC)c1ccccc1SC. The lowest BCUT2D eigenvalue weighted by Gasteiger charge is -2.25. The van der Waals surface area contributed by atoms with Crippen molar-refractivity contribution >= 4 is 47.4 Å². The van der Waals surface area contributed by atoms with E-state index >= 15 is 0 Å². The zero-order chi connectivity index (χ0) is 17.6. The van der Waals surface area contributed by atoms with Gasteiger partial charge in [-0.05, 0) is 49.2 Å². The highest BCUT2D eigenvalue weighted by Crippen LogP contribution is 2.41. The van der Waals surface area contributed by atoms with Crippen molar-refractivity contribution in [3.63, 3.8) is 0 Å². The number of hydrogen-bond acceptors (Lipinski definition) is 3. The summed E-state index contributed by atoms with van der Waals surface area (Å²) < 4.78 is 5.72. The van der Waals surface area contributed by atoms with Crippen molar-refractivity contribution in [1.82, 2.24) is 0 Å². The predicted octanol–water partition coefficient (Wildman–Crippen LogP) is 4.90. The van der Waals surface area contributed by atoms with Gasteiger partial charge in [0, 0.05) is 15.1 Å². The maximum atomic E-state index is 5.72. The molecule has 0 aliphatic carbocycles. The van der Waals surface area contributed by atoms with Gasteiger partial charge < -0.3 is 4.74 Å². The molecule has 0 unspecified atom stereocenters. The largest absolute Gasteiger partial charge is 0.496 e. The van der Waals surface area contributed by atoms with Crippen molar-refractivity contribution in [2.24, 2.45) is 0 Å². The number of ether oxygens (including phenoxy) is 1. The molecule has 0 bridgehead atoms. The molecule has 0 aliphatic heterocycles. The molecule has 4 heteroatoms. The van der Waals surface area contributed by atoms with Crippen molar-refractivity contribution in [2.45, 2.75) is 9.79 Å². The smallest absolute Gasteiger partial charge is 0.127 e. The van der Waals surface area contributed by atoms with Crippen molar-refractivity contribution in [3.8, 4) is 5.75 Å². The molecular weight excluding hydrogens is 363 g/mol. The minimum atomic E-state index is -0.693. The van der Waals surface area contributed by atoms with E-state index in [-0.39, 0.29) is 0 Å². The van der Waals surface area contributed by atoms with E-state index in [1.165, 1.54) is 25.7 Å². The van der Waals surface area contributed by atoms with Crippen molar-refractivity contribution in [1.29, 1.82) is 0 Å². The van der Waals surface area contributed by atoms with Gasteiger partial charge in [-0.3, -0.25) is 0 Å². The molecule has 128 valence electrons. The lowest BCUT2D eigenvalue weighted by atomic mass is 10.3. The molecule has 25 heavy (non-hydrogen) atoms. The fraction of sp³-hybridized carbons (Fsp3) is 0.143. The Morgan fingerprint density at radius 2 is 1.08 bits per heavy atom. The van der Waals surface area contributed by atoms with Gasteiger partial charge in [-0.25, -0.2) is 0 Å². The second kappa shape index (κ2) is 8.80. The summed E-state index contributed by atoms with van der Waals surface area (Å²) in [7, 11) is 1.06. The maximum absolute atomic E-state index is 5.72. The summed E-state index contributed by atoms with van der Waals surface area (Å²) in [5.41, 5.74) is 0. The number of benzene rings is 3. The number of methoxy groups -OCH3 is 1. The fourth-order valence-corrected chi connectivity index (χ4v) is 7.37. The third kappa shape index (κ3) is 3.89. The highest BCUT2D eigenvalue weighted by Gasteiger charge is 2.24. The maximum Gasteiger partial charge on any atom is 0.127 e. The first-order chi connectivity index (χ1) is 12.3. The third-order valence-electron chi connectivity index (χ3n) is 3.98. The van der Waals surface area contributed by atoms with Crippen LogP contribution in [0.25, 0.3) is 0 Å². The second-order valence-electron chi connectivity index (χ2n) is 5.35. The summed E-state index contributed by atoms with van der Waals surface area (Å²) in [5, 5.41) is 4.04. The summed E-state index contributed by atoms with van der Waals surface area (Å²) in [6, 6.07) is 25.9. The van der Waals surface area contributed by atoms with E-state index in [1.54, 1.807) is 7.11 Å². The minimum Gasteiger partial charge on any atom is -0.496 e. The van der Waals surface area contributed by atoms with Gasteiger partial charge in [0.15, 0.2) is 0 Å². The Labute approximate surface area is 159 Å². The van der Waals surface area contributed by atoms with Gasteiger partial charge in [0.05, 0.1) is 7.11 Å². The number of rotatable bonds is 6. The first-order valence-corrected chi connectivity index (χ1v) is 11.8. The molecular formula is C21H21OPS2. The van der Waals surface area contributed by atoms with E-state index in [0.29, 0.717) is 0 Å². The highest BCUT2D eigenvalue weighted by atomic mass is 32.2. The van der Waals surface area contributed by atoms with Crippen molar-refractivity contribution in [3.05, 3.63) is 72.8 Å². The lowest BCUT2D eigenvalue weighted by Crippen LogP contribution is -2.24. The molecule has 0 saturated heterocycles. The van der Waals surface area contributed by atoms with E-state index in [4.69, 9.17) is 4.74 Å². The average molecular weight is 385 g/mol. The Morgan fingerprint density at radius 1 is 0.640 bits per heavy atom. The normalized spacial score (nSPS) is 10.9. The van der Waals surface area contributed by atoms with Crippen molar-refractivity contribution < 1.29 is 4.74 Å². The quantitative estimate of drug-likeness (QED) is 0.442. The Morgan fingerprint density at radius 3 is 1.56 bits per heavy atom. The van der Waals surface area contributed by atoms with E-state index < -0.39 is 7.92 Å². The molecule has 0 heterocycles. The zero-order valence-electron chi connectivity index (χ0n) is 14.6. The van der Waals surface area contributed by atoms with Crippen LogP contribution in [0.1, 0.15) is 0 Å². The van der Waals surface area contributed by atoms with E-state index in [9.17, 15) is 0 Å². The van der Waals surface area contributed by atoms with Crippen LogP contribution >= 0.6 is 31.4 Å². The van der Waals surface area contributed by atoms with Gasteiger partial charge >= 0.3 is 0 Å². The summed E-state index contributed by atoms with van der Waals surface area (Å²) in [5.74, 6) is 0.959. The molecule has 0 spiro atoms. The van der Waals surface area contributed by atoms with Crippen LogP contribution in [-0.4, -0.2) is 19.6 Å². The van der Waals surface area contributed by atoms with Gasteiger partial charge in [0.25, 0.3) is 0 Å². The van der Waals surface area contributed by atoms with Gasteiger partial charge in [-0.2, -0.15) is 0 Å². The molecule has 0 aromatic heterocycles. The van der Waals surface area contributed by atoms with Crippen LogP contribution in [0.4, 0.5) is 0 Å². The molecule has 0 amide bonds. The average Bonchev–Trinajstić information content (AvgIpc) is 2.69. The second-order valence-corrected chi connectivity index (χ2v) is 9.16. The molecule has 0 fully saturated rings. The molecule has 0 atom stereocenters. The van der Waals surface area contributed by atoms with Crippen LogP contribution in [0.5, 0.6) is 5.75 Å². The summed E-state index contributed by atoms with van der Waals surface area (Å²) in [6.45, 7) is 0. The topological polar surface area (TPSA) is 9.23 Å². The number of thioether (sulfide) groups is 2. The standard InChI is InChI=1S/C21H21OPS2/c1-22-16-10-4-5-11-17(16)23(18-12-6-8-14-20(18)24-2)19-13-7-9-15-21(19)25-3/h4-15H,1-3H3. The Kier molecular flexibility index (Phi) is 6.47. The van der Waals surface area contributed by atoms with Crippen LogP contribution < -0.4 is 20.7 Å². The summed E-state index contributed by atoms with van der Waals surface area (Å²) >= 11 is 3.62. The Hall–Kier alpha value is -1.41. The third-order valence-corrected chi connectivity index (χ3v) is 8.47. The van der Waals surface area contributed by atoms with Crippen LogP contribution in [0.2, 0.25) is 0 Å². The Balaban J connectivity index is 2.29. The molecule has 3 aromatic rings. The van der Waals surface area contributed by atoms with Crippen LogP contribution in [-0.2, 0) is 0 Å². The molecule has 0 saturated carbocycles. The van der Waals surface area contributed by atoms with Gasteiger partial charge in [0.1, 0.15) is 5.75 Å². The highest BCUT2D eigenvalue weighted by molar-refractivity contribution is 8.00. The van der Waals surface area contributed by atoms with Crippen LogP contribution in [0.3, 0.4) is 0 Å². The predicted molar refractivity (Wildman–Crippen MR) is 115 cm³/mol. The summed E-state index contributed by atoms with van der Waals surface area (Å²) in [6.07, 6.45) is 4.30. The molecule has 3 aromatic carbocycles. The van der Waals surface area contributed by atoms with Crippen LogP contribution in [0.15, 0.2) is 82.6 Å². The first-order valence-electron chi connectivity index (χ1n) is 7.99. The van der Waals surface area contributed by atoms with Gasteiger partial charge in [-0.15, -0.1) is 23.5 Å². The van der Waals surface area contributed by atoms with E-state index in [2.05, 4.69) is 79.2 Å². The summed E-state index contributed by atoms with van der Waals surface area (Å²) in [4.78, 5) is 2.66. The molecule has 3 rings (SSSR count). The number of para-hydroxylation sites is 1. The molecule has 1 nitrogen and oxygen atoms in total. The number of hydrogen-bond donors (Lipinski definition) is 0. The molecule has 0 radical (unpaired) electrons. The minimum absolute atomic E-state index is 0.693. The monoisotopic (exact) mass is 384 g/mol. The van der Waals surface area contributed by atoms with E-state index in [1.807, 2.05) is 29.6 Å². The Bertz CT molecular complexity index is 738. The first kappa shape index (κ1) is 18.4. The van der Waals surface area contributed by atoms with E-state index in [0.717, 1.165) is 5.75 Å². The molecule has 0 N–H and O–H groups in total. The van der Waals surface area contributed by atoms with Crippen LogP contribution in [0, 0.1) is 0 Å². The van der Waals surface area contributed by atoms with Crippen molar-refractivity contribution in [2.75, 3.05) is 19.6 Å².